The molecule has 0 spiro atoms. The Labute approximate surface area is 179 Å². The number of nitro groups is 1. The fourth-order valence-electron chi connectivity index (χ4n) is 3.14. The van der Waals surface area contributed by atoms with Crippen molar-refractivity contribution < 1.29 is 9.72 Å². The zero-order chi connectivity index (χ0) is 22.5. The smallest absolute Gasteiger partial charge is 0.294 e. The van der Waals surface area contributed by atoms with Crippen molar-refractivity contribution in [3.05, 3.63) is 97.4 Å². The summed E-state index contributed by atoms with van der Waals surface area (Å²) < 4.78 is 1.24. The first kappa shape index (κ1) is 21.8. The van der Waals surface area contributed by atoms with E-state index in [1.165, 1.54) is 28.9 Å². The van der Waals surface area contributed by atoms with Crippen molar-refractivity contribution in [3.63, 3.8) is 0 Å². The molecular formula is C22H23N5O4. The number of hydrogen-bond donors (Lipinski definition) is 1. The molecule has 1 N–H and O–H groups in total. The lowest BCUT2D eigenvalue weighted by Gasteiger charge is -2.12. The number of benzene rings is 2. The van der Waals surface area contributed by atoms with E-state index in [1.54, 1.807) is 13.0 Å². The summed E-state index contributed by atoms with van der Waals surface area (Å²) in [6.07, 6.45) is 0. The van der Waals surface area contributed by atoms with Gasteiger partial charge < -0.3 is 10.2 Å². The van der Waals surface area contributed by atoms with Gasteiger partial charge in [-0.3, -0.25) is 19.7 Å². The van der Waals surface area contributed by atoms with Gasteiger partial charge in [-0.1, -0.05) is 36.4 Å². The van der Waals surface area contributed by atoms with E-state index < -0.39 is 16.3 Å². The molecule has 1 aromatic heterocycles. The standard InChI is InChI=1S/C22H23N5O4/c1-15-12-20(28)21(24-26(15)18-6-4-5-7-19(18)27(30)31)22(29)23-13-16-8-10-17(11-9-16)14-25(2)3/h4-12H,13-14H2,1-3H3,(H,23,29). The zero-order valence-corrected chi connectivity index (χ0v) is 17.5. The van der Waals surface area contributed by atoms with E-state index in [-0.39, 0.29) is 23.6 Å². The third-order valence-electron chi connectivity index (χ3n) is 4.60. The molecule has 1 heterocycles. The number of para-hydroxylation sites is 2. The summed E-state index contributed by atoms with van der Waals surface area (Å²) in [4.78, 5) is 37.9. The average molecular weight is 421 g/mol. The number of nitrogens with one attached hydrogen (secondary N) is 1. The third-order valence-corrected chi connectivity index (χ3v) is 4.60. The van der Waals surface area contributed by atoms with Crippen LogP contribution in [0.1, 0.15) is 27.3 Å². The molecule has 9 nitrogen and oxygen atoms in total. The van der Waals surface area contributed by atoms with Crippen molar-refractivity contribution in [1.82, 2.24) is 20.0 Å². The quantitative estimate of drug-likeness (QED) is 0.463. The molecule has 2 aromatic carbocycles. The molecule has 1 amide bonds. The number of aromatic nitrogens is 2. The molecule has 160 valence electrons. The number of nitro benzene ring substituents is 1. The molecule has 31 heavy (non-hydrogen) atoms. The molecule has 0 aliphatic carbocycles. The first-order valence-electron chi connectivity index (χ1n) is 9.62. The number of carbonyl (C=O) groups is 1. The van der Waals surface area contributed by atoms with Gasteiger partial charge in [0.1, 0.15) is 5.69 Å². The lowest BCUT2D eigenvalue weighted by Crippen LogP contribution is -2.31. The largest absolute Gasteiger partial charge is 0.346 e. The van der Waals surface area contributed by atoms with Crippen LogP contribution in [0.3, 0.4) is 0 Å². The van der Waals surface area contributed by atoms with Crippen molar-refractivity contribution in [2.45, 2.75) is 20.0 Å². The highest BCUT2D eigenvalue weighted by atomic mass is 16.6. The normalized spacial score (nSPS) is 10.8. The lowest BCUT2D eigenvalue weighted by atomic mass is 10.1. The van der Waals surface area contributed by atoms with E-state index in [0.717, 1.165) is 17.7 Å². The first-order chi connectivity index (χ1) is 14.8. The number of amides is 1. The molecule has 0 unspecified atom stereocenters. The molecule has 0 bridgehead atoms. The zero-order valence-electron chi connectivity index (χ0n) is 17.5. The highest BCUT2D eigenvalue weighted by Gasteiger charge is 2.20. The molecule has 3 aromatic rings. The van der Waals surface area contributed by atoms with Crippen LogP contribution < -0.4 is 10.7 Å². The van der Waals surface area contributed by atoms with Crippen molar-refractivity contribution in [2.24, 2.45) is 0 Å². The minimum Gasteiger partial charge on any atom is -0.346 e. The summed E-state index contributed by atoms with van der Waals surface area (Å²) in [6, 6.07) is 15.0. The van der Waals surface area contributed by atoms with Gasteiger partial charge in [0.2, 0.25) is 5.43 Å². The van der Waals surface area contributed by atoms with Crippen LogP contribution in [0.2, 0.25) is 0 Å². The van der Waals surface area contributed by atoms with E-state index in [2.05, 4.69) is 15.3 Å². The minimum atomic E-state index is -0.644. The summed E-state index contributed by atoms with van der Waals surface area (Å²) in [5.41, 5.74) is 1.53. The topological polar surface area (TPSA) is 110 Å². The third kappa shape index (κ3) is 5.20. The minimum absolute atomic E-state index is 0.175. The van der Waals surface area contributed by atoms with Gasteiger partial charge in [0.25, 0.3) is 11.6 Å². The van der Waals surface area contributed by atoms with Crippen LogP contribution in [-0.2, 0) is 13.1 Å². The molecule has 0 saturated carbocycles. The van der Waals surface area contributed by atoms with E-state index in [4.69, 9.17) is 0 Å². The van der Waals surface area contributed by atoms with Gasteiger partial charge in [0.15, 0.2) is 5.69 Å². The van der Waals surface area contributed by atoms with Gasteiger partial charge in [-0.25, -0.2) is 4.68 Å². The monoisotopic (exact) mass is 421 g/mol. The summed E-state index contributed by atoms with van der Waals surface area (Å²) in [6.45, 7) is 2.63. The van der Waals surface area contributed by atoms with Gasteiger partial charge >= 0.3 is 0 Å². The van der Waals surface area contributed by atoms with Crippen molar-refractivity contribution >= 4 is 11.6 Å². The Bertz CT molecular complexity index is 1170. The fraction of sp³-hybridized carbons (Fsp3) is 0.227. The van der Waals surface area contributed by atoms with Crippen LogP contribution in [0.5, 0.6) is 0 Å². The van der Waals surface area contributed by atoms with Crippen LogP contribution in [0.4, 0.5) is 5.69 Å². The van der Waals surface area contributed by atoms with Crippen LogP contribution in [0.15, 0.2) is 59.4 Å². The van der Waals surface area contributed by atoms with Crippen molar-refractivity contribution in [1.29, 1.82) is 0 Å². The highest BCUT2D eigenvalue weighted by molar-refractivity contribution is 5.92. The molecule has 3 rings (SSSR count). The van der Waals surface area contributed by atoms with Gasteiger partial charge in [-0.15, -0.1) is 0 Å². The molecule has 0 aliphatic rings. The summed E-state index contributed by atoms with van der Waals surface area (Å²) in [5, 5.41) is 18.2. The van der Waals surface area contributed by atoms with Crippen LogP contribution >= 0.6 is 0 Å². The number of rotatable bonds is 7. The highest BCUT2D eigenvalue weighted by Crippen LogP contribution is 2.22. The maximum Gasteiger partial charge on any atom is 0.294 e. The van der Waals surface area contributed by atoms with E-state index >= 15 is 0 Å². The first-order valence-corrected chi connectivity index (χ1v) is 9.62. The maximum absolute atomic E-state index is 12.6. The molecule has 0 fully saturated rings. The summed E-state index contributed by atoms with van der Waals surface area (Å²) in [5.74, 6) is -0.644. The number of carbonyl (C=O) groups excluding carboxylic acids is 1. The lowest BCUT2D eigenvalue weighted by molar-refractivity contribution is -0.384. The second kappa shape index (κ2) is 9.31. The van der Waals surface area contributed by atoms with Gasteiger partial charge in [-0.2, -0.15) is 5.10 Å². The average Bonchev–Trinajstić information content (AvgIpc) is 2.72. The predicted molar refractivity (Wildman–Crippen MR) is 116 cm³/mol. The van der Waals surface area contributed by atoms with Crippen molar-refractivity contribution in [3.8, 4) is 5.69 Å². The van der Waals surface area contributed by atoms with Gasteiger partial charge in [-0.05, 0) is 38.2 Å². The second-order valence-corrected chi connectivity index (χ2v) is 7.39. The van der Waals surface area contributed by atoms with E-state index in [9.17, 15) is 19.7 Å². The predicted octanol–water partition coefficient (Wildman–Crippen LogP) is 2.44. The van der Waals surface area contributed by atoms with E-state index in [1.807, 2.05) is 38.4 Å². The maximum atomic E-state index is 12.6. The Hall–Kier alpha value is -3.85. The van der Waals surface area contributed by atoms with Crippen LogP contribution in [0.25, 0.3) is 5.69 Å². The van der Waals surface area contributed by atoms with Gasteiger partial charge in [0, 0.05) is 30.9 Å². The van der Waals surface area contributed by atoms with E-state index in [0.29, 0.717) is 5.69 Å². The molecular weight excluding hydrogens is 398 g/mol. The van der Waals surface area contributed by atoms with Crippen LogP contribution in [-0.4, -0.2) is 39.6 Å². The number of aryl methyl sites for hydroxylation is 1. The second-order valence-electron chi connectivity index (χ2n) is 7.39. The Kier molecular flexibility index (Phi) is 6.56. The Balaban J connectivity index is 1.83. The molecule has 0 radical (unpaired) electrons. The number of nitrogens with zero attached hydrogens (tertiary/aromatic N) is 4. The summed E-state index contributed by atoms with van der Waals surface area (Å²) in [7, 11) is 3.97. The van der Waals surface area contributed by atoms with Crippen LogP contribution in [0, 0.1) is 17.0 Å². The number of hydrogen-bond acceptors (Lipinski definition) is 6. The molecule has 0 aliphatic heterocycles. The molecule has 0 atom stereocenters. The Morgan fingerprint density at radius 2 is 1.77 bits per heavy atom. The fourth-order valence-corrected chi connectivity index (χ4v) is 3.14. The molecule has 0 saturated heterocycles. The SMILES string of the molecule is Cc1cc(=O)c(C(=O)NCc2ccc(CN(C)C)cc2)nn1-c1ccccc1[N+](=O)[O-]. The van der Waals surface area contributed by atoms with Gasteiger partial charge in [0.05, 0.1) is 4.92 Å². The Morgan fingerprint density at radius 1 is 1.13 bits per heavy atom. The van der Waals surface area contributed by atoms with Crippen molar-refractivity contribution in [2.75, 3.05) is 14.1 Å². The molecule has 9 heteroatoms. The summed E-state index contributed by atoms with van der Waals surface area (Å²) >= 11 is 0. The Morgan fingerprint density at radius 3 is 2.42 bits per heavy atom.